The minimum absolute atomic E-state index is 0.570. The van der Waals surface area contributed by atoms with Crippen molar-refractivity contribution in [1.29, 1.82) is 0 Å². The summed E-state index contributed by atoms with van der Waals surface area (Å²) in [5.74, 6) is 1.42. The third-order valence-corrected chi connectivity index (χ3v) is 3.34. The average molecular weight is 249 g/mol. The van der Waals surface area contributed by atoms with E-state index < -0.39 is 0 Å². The van der Waals surface area contributed by atoms with Crippen molar-refractivity contribution in [3.63, 3.8) is 0 Å². The molecule has 0 spiro atoms. The number of rotatable bonds is 4. The fraction of sp³-hybridized carbons (Fsp3) is 0.692. The van der Waals surface area contributed by atoms with Gasteiger partial charge in [0.1, 0.15) is 11.6 Å². The molecule has 5 nitrogen and oxygen atoms in total. The Morgan fingerprint density at radius 2 is 2.22 bits per heavy atom. The zero-order valence-corrected chi connectivity index (χ0v) is 11.6. The maximum atomic E-state index is 5.77. The molecule has 2 rings (SSSR count). The molecule has 2 heterocycles. The number of hydrogen-bond acceptors (Lipinski definition) is 5. The first-order chi connectivity index (χ1) is 8.54. The molecule has 100 valence electrons. The molecule has 1 fully saturated rings. The van der Waals surface area contributed by atoms with Crippen LogP contribution in [0.15, 0.2) is 6.07 Å². The molecule has 5 heteroatoms. The van der Waals surface area contributed by atoms with Gasteiger partial charge in [-0.15, -0.1) is 0 Å². The Kier molecular flexibility index (Phi) is 4.14. The van der Waals surface area contributed by atoms with Crippen LogP contribution in [0.4, 0.5) is 5.82 Å². The summed E-state index contributed by atoms with van der Waals surface area (Å²) in [5.41, 5.74) is 6.72. The van der Waals surface area contributed by atoms with Gasteiger partial charge in [0, 0.05) is 24.3 Å². The topological polar surface area (TPSA) is 58.3 Å². The van der Waals surface area contributed by atoms with Crippen LogP contribution in [0, 0.1) is 6.92 Å². The van der Waals surface area contributed by atoms with Crippen molar-refractivity contribution in [1.82, 2.24) is 19.8 Å². The van der Waals surface area contributed by atoms with Crippen molar-refractivity contribution in [3.8, 4) is 0 Å². The summed E-state index contributed by atoms with van der Waals surface area (Å²) in [7, 11) is 4.25. The Labute approximate surface area is 109 Å². The SMILES string of the molecule is Cc1cc(N)nc(CN2CCCC2CN(C)C)n1. The first-order valence-corrected chi connectivity index (χ1v) is 6.53. The van der Waals surface area contributed by atoms with Crippen molar-refractivity contribution in [2.24, 2.45) is 0 Å². The van der Waals surface area contributed by atoms with Gasteiger partial charge in [-0.05, 0) is 40.4 Å². The van der Waals surface area contributed by atoms with E-state index in [9.17, 15) is 0 Å². The molecule has 1 saturated heterocycles. The molecule has 1 aromatic rings. The molecule has 0 aliphatic carbocycles. The van der Waals surface area contributed by atoms with Crippen molar-refractivity contribution in [2.75, 3.05) is 32.9 Å². The Morgan fingerprint density at radius 3 is 2.89 bits per heavy atom. The van der Waals surface area contributed by atoms with Crippen molar-refractivity contribution >= 4 is 5.82 Å². The smallest absolute Gasteiger partial charge is 0.144 e. The summed E-state index contributed by atoms with van der Waals surface area (Å²) in [5, 5.41) is 0. The van der Waals surface area contributed by atoms with Crippen LogP contribution >= 0.6 is 0 Å². The van der Waals surface area contributed by atoms with Gasteiger partial charge >= 0.3 is 0 Å². The molecule has 1 aromatic heterocycles. The first-order valence-electron chi connectivity index (χ1n) is 6.53. The molecule has 2 N–H and O–H groups in total. The minimum atomic E-state index is 0.570. The summed E-state index contributed by atoms with van der Waals surface area (Å²) in [4.78, 5) is 13.5. The van der Waals surface area contributed by atoms with E-state index in [0.29, 0.717) is 11.9 Å². The van der Waals surface area contributed by atoms with E-state index in [1.807, 2.05) is 13.0 Å². The number of nitrogens with zero attached hydrogens (tertiary/aromatic N) is 4. The number of likely N-dealkylation sites (tertiary alicyclic amines) is 1. The van der Waals surface area contributed by atoms with Gasteiger partial charge in [0.2, 0.25) is 0 Å². The van der Waals surface area contributed by atoms with Crippen LogP contribution in [-0.4, -0.2) is 53.0 Å². The summed E-state index contributed by atoms with van der Waals surface area (Å²) >= 11 is 0. The van der Waals surface area contributed by atoms with E-state index in [1.165, 1.54) is 12.8 Å². The molecule has 1 aliphatic heterocycles. The maximum absolute atomic E-state index is 5.77. The average Bonchev–Trinajstić information content (AvgIpc) is 2.63. The van der Waals surface area contributed by atoms with E-state index in [2.05, 4.69) is 33.9 Å². The van der Waals surface area contributed by atoms with Crippen LogP contribution in [0.2, 0.25) is 0 Å². The zero-order chi connectivity index (χ0) is 13.1. The Morgan fingerprint density at radius 1 is 1.44 bits per heavy atom. The molecule has 18 heavy (non-hydrogen) atoms. The Bertz CT molecular complexity index is 384. The first kappa shape index (κ1) is 13.2. The lowest BCUT2D eigenvalue weighted by atomic mass is 10.2. The van der Waals surface area contributed by atoms with Gasteiger partial charge in [-0.25, -0.2) is 9.97 Å². The van der Waals surface area contributed by atoms with Gasteiger partial charge in [0.05, 0.1) is 6.54 Å². The second-order valence-electron chi connectivity index (χ2n) is 5.38. The molecule has 1 aliphatic rings. The highest BCUT2D eigenvalue weighted by Gasteiger charge is 2.25. The van der Waals surface area contributed by atoms with E-state index >= 15 is 0 Å². The highest BCUT2D eigenvalue weighted by Crippen LogP contribution is 2.19. The van der Waals surface area contributed by atoms with Crippen LogP contribution in [-0.2, 0) is 6.54 Å². The molecule has 0 aromatic carbocycles. The predicted molar refractivity (Wildman–Crippen MR) is 73.2 cm³/mol. The fourth-order valence-electron chi connectivity index (χ4n) is 2.64. The van der Waals surface area contributed by atoms with Gasteiger partial charge < -0.3 is 10.6 Å². The number of hydrogen-bond donors (Lipinski definition) is 1. The number of nitrogens with two attached hydrogens (primary N) is 1. The summed E-state index contributed by atoms with van der Waals surface area (Å²) < 4.78 is 0. The molecular weight excluding hydrogens is 226 g/mol. The van der Waals surface area contributed by atoms with Crippen LogP contribution in [0.5, 0.6) is 0 Å². The number of aryl methyl sites for hydroxylation is 1. The van der Waals surface area contributed by atoms with Crippen molar-refractivity contribution in [3.05, 3.63) is 17.6 Å². The molecule has 1 atom stereocenters. The maximum Gasteiger partial charge on any atom is 0.144 e. The Balaban J connectivity index is 2.03. The van der Waals surface area contributed by atoms with Gasteiger partial charge in [0.15, 0.2) is 0 Å². The lowest BCUT2D eigenvalue weighted by Crippen LogP contribution is -2.37. The number of nitrogen functional groups attached to an aromatic ring is 1. The molecule has 1 unspecified atom stereocenters. The van der Waals surface area contributed by atoms with Crippen molar-refractivity contribution in [2.45, 2.75) is 32.4 Å². The van der Waals surface area contributed by atoms with Gasteiger partial charge in [-0.2, -0.15) is 0 Å². The standard InChI is InChI=1S/C13H23N5/c1-10-7-12(14)16-13(15-10)9-18-6-4-5-11(18)8-17(2)3/h7,11H,4-6,8-9H2,1-3H3,(H2,14,15,16). The van der Waals surface area contributed by atoms with Crippen LogP contribution in [0.1, 0.15) is 24.4 Å². The van der Waals surface area contributed by atoms with E-state index in [1.54, 1.807) is 0 Å². The minimum Gasteiger partial charge on any atom is -0.384 e. The molecule has 0 amide bonds. The fourth-order valence-corrected chi connectivity index (χ4v) is 2.64. The second-order valence-corrected chi connectivity index (χ2v) is 5.38. The third kappa shape index (κ3) is 3.40. The van der Waals surface area contributed by atoms with Gasteiger partial charge in [-0.1, -0.05) is 0 Å². The highest BCUT2D eigenvalue weighted by molar-refractivity contribution is 5.29. The van der Waals surface area contributed by atoms with E-state index in [-0.39, 0.29) is 0 Å². The molecule has 0 radical (unpaired) electrons. The van der Waals surface area contributed by atoms with E-state index in [4.69, 9.17) is 5.73 Å². The molecular formula is C13H23N5. The van der Waals surface area contributed by atoms with Gasteiger partial charge in [0.25, 0.3) is 0 Å². The van der Waals surface area contributed by atoms with E-state index in [0.717, 1.165) is 31.2 Å². The summed E-state index contributed by atoms with van der Waals surface area (Å²) in [6.07, 6.45) is 2.53. The monoisotopic (exact) mass is 249 g/mol. The number of aromatic nitrogens is 2. The normalized spacial score (nSPS) is 20.8. The number of anilines is 1. The predicted octanol–water partition coefficient (Wildman–Crippen LogP) is 0.893. The quantitative estimate of drug-likeness (QED) is 0.859. The lowest BCUT2D eigenvalue weighted by molar-refractivity contribution is 0.197. The summed E-state index contributed by atoms with van der Waals surface area (Å²) in [6, 6.07) is 2.43. The lowest BCUT2D eigenvalue weighted by Gasteiger charge is -2.26. The third-order valence-electron chi connectivity index (χ3n) is 3.34. The van der Waals surface area contributed by atoms with Crippen LogP contribution < -0.4 is 5.73 Å². The van der Waals surface area contributed by atoms with Crippen LogP contribution in [0.25, 0.3) is 0 Å². The zero-order valence-electron chi connectivity index (χ0n) is 11.6. The molecule has 0 bridgehead atoms. The van der Waals surface area contributed by atoms with Gasteiger partial charge in [-0.3, -0.25) is 4.90 Å². The Hall–Kier alpha value is -1.20. The number of likely N-dealkylation sites (N-methyl/N-ethyl adjacent to an activating group) is 1. The largest absolute Gasteiger partial charge is 0.384 e. The highest BCUT2D eigenvalue weighted by atomic mass is 15.2. The van der Waals surface area contributed by atoms with Crippen LogP contribution in [0.3, 0.4) is 0 Å². The van der Waals surface area contributed by atoms with Crippen molar-refractivity contribution < 1.29 is 0 Å². The molecule has 0 saturated carbocycles. The second kappa shape index (κ2) is 5.63. The summed E-state index contributed by atoms with van der Waals surface area (Å²) in [6.45, 7) is 5.00.